The summed E-state index contributed by atoms with van der Waals surface area (Å²) in [6.07, 6.45) is 3.83. The van der Waals surface area contributed by atoms with Gasteiger partial charge in [-0.25, -0.2) is 9.97 Å². The van der Waals surface area contributed by atoms with Gasteiger partial charge in [0.05, 0.1) is 0 Å². The Morgan fingerprint density at radius 2 is 1.95 bits per heavy atom. The van der Waals surface area contributed by atoms with Gasteiger partial charge in [-0.2, -0.15) is 0 Å². The lowest BCUT2D eigenvalue weighted by molar-refractivity contribution is 0.0738. The molecule has 0 spiro atoms. The Labute approximate surface area is 130 Å². The molecule has 1 aliphatic rings. The predicted octanol–water partition coefficient (Wildman–Crippen LogP) is 3.43. The van der Waals surface area contributed by atoms with E-state index in [1.165, 1.54) is 19.3 Å². The summed E-state index contributed by atoms with van der Waals surface area (Å²) in [4.78, 5) is 11.5. The Morgan fingerprint density at radius 1 is 1.30 bits per heavy atom. The quantitative estimate of drug-likeness (QED) is 0.852. The van der Waals surface area contributed by atoms with Crippen LogP contribution in [0.5, 0.6) is 0 Å². The van der Waals surface area contributed by atoms with Gasteiger partial charge in [0.1, 0.15) is 16.2 Å². The van der Waals surface area contributed by atoms with Crippen molar-refractivity contribution in [3.8, 4) is 0 Å². The molecule has 1 aromatic rings. The average molecular weight is 341 g/mol. The first-order valence-electron chi connectivity index (χ1n) is 7.19. The van der Waals surface area contributed by atoms with Crippen molar-refractivity contribution < 1.29 is 0 Å². The van der Waals surface area contributed by atoms with Gasteiger partial charge in [0.15, 0.2) is 0 Å². The maximum Gasteiger partial charge on any atom is 0.137 e. The third-order valence-electron chi connectivity index (χ3n) is 4.20. The molecule has 5 heteroatoms. The molecular formula is C15H25BrN4. The molecule has 0 saturated heterocycles. The summed E-state index contributed by atoms with van der Waals surface area (Å²) in [6, 6.07) is 1.96. The van der Waals surface area contributed by atoms with E-state index in [1.54, 1.807) is 0 Å². The number of aromatic nitrogens is 2. The first-order valence-corrected chi connectivity index (χ1v) is 7.99. The Morgan fingerprint density at radius 3 is 2.40 bits per heavy atom. The zero-order valence-electron chi connectivity index (χ0n) is 13.1. The second-order valence-electron chi connectivity index (χ2n) is 6.98. The van der Waals surface area contributed by atoms with Crippen LogP contribution in [0.4, 0.5) is 5.82 Å². The Hall–Kier alpha value is -0.680. The topological polar surface area (TPSA) is 41.0 Å². The molecule has 0 amide bonds. The van der Waals surface area contributed by atoms with Crippen molar-refractivity contribution in [1.82, 2.24) is 14.9 Å². The molecule has 1 saturated carbocycles. The molecule has 0 unspecified atom stereocenters. The van der Waals surface area contributed by atoms with E-state index in [4.69, 9.17) is 0 Å². The molecule has 1 N–H and O–H groups in total. The fraction of sp³-hybridized carbons (Fsp3) is 0.733. The van der Waals surface area contributed by atoms with Gasteiger partial charge in [0.25, 0.3) is 0 Å². The Kier molecular flexibility index (Phi) is 4.40. The van der Waals surface area contributed by atoms with Gasteiger partial charge in [0.2, 0.25) is 0 Å². The summed E-state index contributed by atoms with van der Waals surface area (Å²) in [6.45, 7) is 7.33. The van der Waals surface area contributed by atoms with Crippen molar-refractivity contribution in [2.24, 2.45) is 0 Å². The minimum atomic E-state index is -0.0457. The third-order valence-corrected chi connectivity index (χ3v) is 4.60. The number of halogens is 1. The molecule has 0 aromatic carbocycles. The maximum atomic E-state index is 4.65. The van der Waals surface area contributed by atoms with Gasteiger partial charge in [-0.15, -0.1) is 0 Å². The van der Waals surface area contributed by atoms with E-state index >= 15 is 0 Å². The van der Waals surface area contributed by atoms with Gasteiger partial charge in [-0.05, 0) is 49.3 Å². The summed E-state index contributed by atoms with van der Waals surface area (Å²) < 4.78 is 0.840. The number of hydrogen-bond acceptors (Lipinski definition) is 4. The standard InChI is InChI=1S/C15H25BrN4/c1-14(2,3)13-18-11(16)9-12(19-13)17-10-15(20(4)5)7-6-8-15/h9H,6-8,10H2,1-5H3,(H,17,18,19). The number of hydrogen-bond donors (Lipinski definition) is 1. The van der Waals surface area contributed by atoms with E-state index in [-0.39, 0.29) is 5.41 Å². The van der Waals surface area contributed by atoms with Gasteiger partial charge >= 0.3 is 0 Å². The molecule has 1 fully saturated rings. The number of likely N-dealkylation sites (N-methyl/N-ethyl adjacent to an activating group) is 1. The second kappa shape index (κ2) is 5.60. The minimum absolute atomic E-state index is 0.0457. The highest BCUT2D eigenvalue weighted by Gasteiger charge is 2.38. The molecule has 0 atom stereocenters. The van der Waals surface area contributed by atoms with E-state index in [0.29, 0.717) is 5.54 Å². The summed E-state index contributed by atoms with van der Waals surface area (Å²) in [5, 5.41) is 3.50. The van der Waals surface area contributed by atoms with E-state index in [0.717, 1.165) is 22.8 Å². The predicted molar refractivity (Wildman–Crippen MR) is 87.2 cm³/mol. The van der Waals surface area contributed by atoms with Gasteiger partial charge in [-0.1, -0.05) is 20.8 Å². The molecule has 0 bridgehead atoms. The lowest BCUT2D eigenvalue weighted by atomic mass is 9.75. The van der Waals surface area contributed by atoms with E-state index in [9.17, 15) is 0 Å². The van der Waals surface area contributed by atoms with Crippen molar-refractivity contribution in [2.75, 3.05) is 26.0 Å². The summed E-state index contributed by atoms with van der Waals surface area (Å²) in [5.41, 5.74) is 0.245. The first-order chi connectivity index (χ1) is 9.23. The molecule has 0 radical (unpaired) electrons. The van der Waals surface area contributed by atoms with Crippen molar-refractivity contribution in [1.29, 1.82) is 0 Å². The van der Waals surface area contributed by atoms with Gasteiger partial charge in [0, 0.05) is 23.6 Å². The Balaban J connectivity index is 2.12. The van der Waals surface area contributed by atoms with Gasteiger partial charge in [-0.3, -0.25) is 0 Å². The molecular weight excluding hydrogens is 316 g/mol. The number of nitrogens with zero attached hydrogens (tertiary/aromatic N) is 3. The largest absolute Gasteiger partial charge is 0.368 e. The lowest BCUT2D eigenvalue weighted by Crippen LogP contribution is -2.54. The van der Waals surface area contributed by atoms with Crippen LogP contribution in [0.3, 0.4) is 0 Å². The second-order valence-corrected chi connectivity index (χ2v) is 7.79. The minimum Gasteiger partial charge on any atom is -0.368 e. The number of anilines is 1. The normalized spacial score (nSPS) is 17.9. The number of nitrogens with one attached hydrogen (secondary N) is 1. The van der Waals surface area contributed by atoms with Crippen LogP contribution in [-0.4, -0.2) is 41.0 Å². The number of rotatable bonds is 4. The van der Waals surface area contributed by atoms with Crippen molar-refractivity contribution in [3.63, 3.8) is 0 Å². The molecule has 112 valence electrons. The molecule has 0 aliphatic heterocycles. The van der Waals surface area contributed by atoms with Crippen molar-refractivity contribution in [2.45, 2.75) is 51.0 Å². The van der Waals surface area contributed by atoms with Gasteiger partial charge < -0.3 is 10.2 Å². The van der Waals surface area contributed by atoms with Crippen LogP contribution in [0, 0.1) is 0 Å². The lowest BCUT2D eigenvalue weighted by Gasteiger charge is -2.47. The van der Waals surface area contributed by atoms with E-state index in [1.807, 2.05) is 6.07 Å². The molecule has 2 rings (SSSR count). The summed E-state index contributed by atoms with van der Waals surface area (Å²) in [7, 11) is 4.33. The summed E-state index contributed by atoms with van der Waals surface area (Å²) in [5.74, 6) is 1.77. The fourth-order valence-corrected chi connectivity index (χ4v) is 2.85. The third kappa shape index (κ3) is 3.31. The van der Waals surface area contributed by atoms with Crippen LogP contribution in [0.1, 0.15) is 45.9 Å². The van der Waals surface area contributed by atoms with Crippen LogP contribution < -0.4 is 5.32 Å². The Bertz CT molecular complexity index is 475. The molecule has 20 heavy (non-hydrogen) atoms. The highest BCUT2D eigenvalue weighted by atomic mass is 79.9. The zero-order valence-corrected chi connectivity index (χ0v) is 14.7. The van der Waals surface area contributed by atoms with Crippen LogP contribution in [0.15, 0.2) is 10.7 Å². The maximum absolute atomic E-state index is 4.65. The van der Waals surface area contributed by atoms with E-state index in [2.05, 4.69) is 71.0 Å². The first kappa shape index (κ1) is 15.7. The fourth-order valence-electron chi connectivity index (χ4n) is 2.47. The van der Waals surface area contributed by atoms with Crippen molar-refractivity contribution in [3.05, 3.63) is 16.5 Å². The van der Waals surface area contributed by atoms with Crippen LogP contribution in [0.2, 0.25) is 0 Å². The summed E-state index contributed by atoms with van der Waals surface area (Å²) >= 11 is 3.48. The monoisotopic (exact) mass is 340 g/mol. The SMILES string of the molecule is CN(C)C1(CNc2cc(Br)nc(C(C)(C)C)n2)CCC1. The molecule has 4 nitrogen and oxygen atoms in total. The van der Waals surface area contributed by atoms with E-state index < -0.39 is 0 Å². The molecule has 1 aliphatic carbocycles. The van der Waals surface area contributed by atoms with Crippen LogP contribution >= 0.6 is 15.9 Å². The highest BCUT2D eigenvalue weighted by molar-refractivity contribution is 9.10. The average Bonchev–Trinajstić information content (AvgIpc) is 2.25. The zero-order chi connectivity index (χ0) is 15.0. The van der Waals surface area contributed by atoms with Crippen LogP contribution in [-0.2, 0) is 5.41 Å². The van der Waals surface area contributed by atoms with Crippen molar-refractivity contribution >= 4 is 21.7 Å². The highest BCUT2D eigenvalue weighted by Crippen LogP contribution is 2.36. The smallest absolute Gasteiger partial charge is 0.137 e. The van der Waals surface area contributed by atoms with Crippen LogP contribution in [0.25, 0.3) is 0 Å². The molecule has 1 aromatic heterocycles. The molecule has 1 heterocycles.